The SMILES string of the molecule is Cl.O=C(NC[C@H]1[C@@H]2CNC[C@@H](C2)c2cccc(=O)n21)c1ccno1. The van der Waals surface area contributed by atoms with E-state index < -0.39 is 0 Å². The number of piperidine rings is 1. The average molecular weight is 351 g/mol. The monoisotopic (exact) mass is 350 g/mol. The van der Waals surface area contributed by atoms with Crippen LogP contribution in [0.25, 0.3) is 0 Å². The van der Waals surface area contributed by atoms with Crippen LogP contribution >= 0.6 is 12.4 Å². The summed E-state index contributed by atoms with van der Waals surface area (Å²) in [5.41, 5.74) is 1.05. The fraction of sp³-hybridized carbons (Fsp3) is 0.438. The van der Waals surface area contributed by atoms with Gasteiger partial charge in [0.25, 0.3) is 11.5 Å². The summed E-state index contributed by atoms with van der Waals surface area (Å²) in [6.45, 7) is 2.16. The van der Waals surface area contributed by atoms with Crippen LogP contribution in [0.15, 0.2) is 39.8 Å². The normalized spacial score (nSPS) is 24.6. The number of rotatable bonds is 3. The molecule has 2 aromatic heterocycles. The Labute approximate surface area is 144 Å². The van der Waals surface area contributed by atoms with Crippen LogP contribution in [0, 0.1) is 5.92 Å². The predicted octanol–water partition coefficient (Wildman–Crippen LogP) is 0.936. The van der Waals surface area contributed by atoms with Crippen molar-refractivity contribution in [2.45, 2.75) is 18.4 Å². The van der Waals surface area contributed by atoms with Gasteiger partial charge >= 0.3 is 0 Å². The van der Waals surface area contributed by atoms with E-state index in [9.17, 15) is 9.59 Å². The molecule has 2 N–H and O–H groups in total. The fourth-order valence-electron chi connectivity index (χ4n) is 3.78. The smallest absolute Gasteiger partial charge is 0.289 e. The van der Waals surface area contributed by atoms with Gasteiger partial charge in [-0.25, -0.2) is 0 Å². The third kappa shape index (κ3) is 2.85. The molecule has 2 bridgehead atoms. The van der Waals surface area contributed by atoms with Crippen molar-refractivity contribution in [2.75, 3.05) is 19.6 Å². The summed E-state index contributed by atoms with van der Waals surface area (Å²) in [6, 6.07) is 6.89. The van der Waals surface area contributed by atoms with Gasteiger partial charge < -0.3 is 19.7 Å². The van der Waals surface area contributed by atoms with E-state index >= 15 is 0 Å². The van der Waals surface area contributed by atoms with E-state index in [-0.39, 0.29) is 35.7 Å². The number of carbonyl (C=O) groups is 1. The van der Waals surface area contributed by atoms with Crippen molar-refractivity contribution in [1.29, 1.82) is 0 Å². The molecule has 4 rings (SSSR count). The van der Waals surface area contributed by atoms with Crippen molar-refractivity contribution < 1.29 is 9.32 Å². The maximum atomic E-state index is 12.4. The Hall–Kier alpha value is -2.12. The number of aromatic nitrogens is 2. The Morgan fingerprint density at radius 1 is 1.38 bits per heavy atom. The standard InChI is InChI=1S/C16H18N4O3.ClH/c21-15-3-1-2-12-10-6-11(8-17-7-10)13(20(12)15)9-18-16(22)14-4-5-19-23-14;/h1-5,10-11,13,17H,6-9H2,(H,18,22);1H/t10-,11+,13+;/m1./s1. The second-order valence-corrected chi connectivity index (χ2v) is 6.16. The van der Waals surface area contributed by atoms with E-state index in [0.717, 1.165) is 25.2 Å². The number of nitrogens with one attached hydrogen (secondary N) is 2. The molecule has 1 saturated heterocycles. The van der Waals surface area contributed by atoms with E-state index in [0.29, 0.717) is 18.4 Å². The van der Waals surface area contributed by atoms with Crippen molar-refractivity contribution in [3.05, 3.63) is 52.3 Å². The van der Waals surface area contributed by atoms with Crippen molar-refractivity contribution in [1.82, 2.24) is 20.4 Å². The molecule has 0 aromatic carbocycles. The van der Waals surface area contributed by atoms with Crippen molar-refractivity contribution in [2.24, 2.45) is 5.92 Å². The third-order valence-corrected chi connectivity index (χ3v) is 4.83. The van der Waals surface area contributed by atoms with Gasteiger partial charge in [0.05, 0.1) is 12.2 Å². The molecule has 24 heavy (non-hydrogen) atoms. The number of hydrogen-bond acceptors (Lipinski definition) is 5. The highest BCUT2D eigenvalue weighted by Gasteiger charge is 2.37. The zero-order valence-corrected chi connectivity index (χ0v) is 13.8. The van der Waals surface area contributed by atoms with Crippen LogP contribution in [0.3, 0.4) is 0 Å². The lowest BCUT2D eigenvalue weighted by Crippen LogP contribution is -2.50. The van der Waals surface area contributed by atoms with Crippen LogP contribution in [0.2, 0.25) is 0 Å². The Bertz CT molecular complexity index is 774. The molecule has 4 heterocycles. The molecule has 0 radical (unpaired) electrons. The van der Waals surface area contributed by atoms with Crippen LogP contribution in [-0.4, -0.2) is 35.3 Å². The van der Waals surface area contributed by atoms with Gasteiger partial charge in [0.15, 0.2) is 0 Å². The van der Waals surface area contributed by atoms with E-state index in [1.165, 1.54) is 12.3 Å². The van der Waals surface area contributed by atoms with Crippen LogP contribution in [-0.2, 0) is 0 Å². The highest BCUT2D eigenvalue weighted by molar-refractivity contribution is 5.91. The maximum Gasteiger partial charge on any atom is 0.289 e. The first-order valence-corrected chi connectivity index (χ1v) is 7.85. The minimum absolute atomic E-state index is 0. The first-order valence-electron chi connectivity index (χ1n) is 7.85. The predicted molar refractivity (Wildman–Crippen MR) is 89.5 cm³/mol. The summed E-state index contributed by atoms with van der Waals surface area (Å²) in [5, 5.41) is 9.84. The van der Waals surface area contributed by atoms with E-state index in [1.54, 1.807) is 6.07 Å². The summed E-state index contributed by atoms with van der Waals surface area (Å²) < 4.78 is 6.73. The molecule has 0 aliphatic carbocycles. The number of carbonyl (C=O) groups excluding carboxylic acids is 1. The second-order valence-electron chi connectivity index (χ2n) is 6.16. The second kappa shape index (κ2) is 6.78. The number of nitrogens with zero attached hydrogens (tertiary/aromatic N) is 2. The van der Waals surface area contributed by atoms with Crippen LogP contribution in [0.4, 0.5) is 0 Å². The van der Waals surface area contributed by atoms with Gasteiger partial charge in [-0.05, 0) is 18.4 Å². The fourth-order valence-corrected chi connectivity index (χ4v) is 3.78. The van der Waals surface area contributed by atoms with Gasteiger partial charge in [0, 0.05) is 43.4 Å². The maximum absolute atomic E-state index is 12.4. The lowest BCUT2D eigenvalue weighted by molar-refractivity contribution is 0.0895. The number of hydrogen-bond donors (Lipinski definition) is 2. The topological polar surface area (TPSA) is 89.2 Å². The Morgan fingerprint density at radius 2 is 2.25 bits per heavy atom. The lowest BCUT2D eigenvalue weighted by Gasteiger charge is -2.43. The van der Waals surface area contributed by atoms with Crippen LogP contribution < -0.4 is 16.2 Å². The molecule has 3 atom stereocenters. The Morgan fingerprint density at radius 3 is 3.04 bits per heavy atom. The molecule has 0 unspecified atom stereocenters. The molecular formula is C16H19ClN4O3. The van der Waals surface area contributed by atoms with Gasteiger partial charge in [-0.1, -0.05) is 11.2 Å². The highest BCUT2D eigenvalue weighted by atomic mass is 35.5. The zero-order chi connectivity index (χ0) is 15.8. The van der Waals surface area contributed by atoms with Gasteiger partial charge in [-0.2, -0.15) is 0 Å². The lowest BCUT2D eigenvalue weighted by atomic mass is 9.79. The minimum atomic E-state index is -0.307. The first-order chi connectivity index (χ1) is 11.2. The van der Waals surface area contributed by atoms with Gasteiger partial charge in [0.1, 0.15) is 0 Å². The molecule has 128 valence electrons. The summed E-state index contributed by atoms with van der Waals surface area (Å²) in [6.07, 6.45) is 2.48. The minimum Gasteiger partial charge on any atom is -0.351 e. The Kier molecular flexibility index (Phi) is 4.73. The zero-order valence-electron chi connectivity index (χ0n) is 13.0. The van der Waals surface area contributed by atoms with Gasteiger partial charge in [0.2, 0.25) is 5.76 Å². The van der Waals surface area contributed by atoms with Crippen LogP contribution in [0.5, 0.6) is 0 Å². The summed E-state index contributed by atoms with van der Waals surface area (Å²) in [4.78, 5) is 24.5. The quantitative estimate of drug-likeness (QED) is 0.859. The highest BCUT2D eigenvalue weighted by Crippen LogP contribution is 2.38. The van der Waals surface area contributed by atoms with E-state index in [1.807, 2.05) is 16.7 Å². The van der Waals surface area contributed by atoms with Crippen LogP contribution in [0.1, 0.15) is 34.6 Å². The summed E-state index contributed by atoms with van der Waals surface area (Å²) in [7, 11) is 0. The number of halogens is 1. The molecule has 1 amide bonds. The van der Waals surface area contributed by atoms with Gasteiger partial charge in [-0.15, -0.1) is 12.4 Å². The largest absolute Gasteiger partial charge is 0.351 e. The molecule has 2 aliphatic rings. The molecule has 2 aliphatic heterocycles. The molecule has 0 spiro atoms. The summed E-state index contributed by atoms with van der Waals surface area (Å²) in [5.74, 6) is 0.570. The molecule has 8 heteroatoms. The van der Waals surface area contributed by atoms with Crippen molar-refractivity contribution in [3.8, 4) is 0 Å². The molecule has 1 fully saturated rings. The molecule has 7 nitrogen and oxygen atoms in total. The molecule has 0 saturated carbocycles. The number of amides is 1. The molecule has 2 aromatic rings. The Balaban J connectivity index is 0.00000169. The van der Waals surface area contributed by atoms with Crippen molar-refractivity contribution >= 4 is 18.3 Å². The van der Waals surface area contributed by atoms with Gasteiger partial charge in [-0.3, -0.25) is 9.59 Å². The first kappa shape index (κ1) is 16.7. The molecular weight excluding hydrogens is 332 g/mol. The summed E-state index contributed by atoms with van der Waals surface area (Å²) >= 11 is 0. The van der Waals surface area contributed by atoms with E-state index in [2.05, 4.69) is 15.8 Å². The average Bonchev–Trinajstić information content (AvgIpc) is 3.10. The number of pyridine rings is 1. The third-order valence-electron chi connectivity index (χ3n) is 4.83. The number of fused-ring (bicyclic) bond motifs is 4. The van der Waals surface area contributed by atoms with E-state index in [4.69, 9.17) is 4.52 Å². The van der Waals surface area contributed by atoms with Crippen molar-refractivity contribution in [3.63, 3.8) is 0 Å².